The van der Waals surface area contributed by atoms with Crippen LogP contribution in [-0.4, -0.2) is 52.9 Å². The molecule has 1 aliphatic heterocycles. The van der Waals surface area contributed by atoms with Gasteiger partial charge in [-0.15, -0.1) is 0 Å². The van der Waals surface area contributed by atoms with Crippen molar-refractivity contribution in [2.24, 2.45) is 11.3 Å². The minimum Gasteiger partial charge on any atom is -0.454 e. The van der Waals surface area contributed by atoms with E-state index in [0.29, 0.717) is 25.7 Å². The summed E-state index contributed by atoms with van der Waals surface area (Å²) in [4.78, 5) is 50.6. The number of hydrogen-bond donors (Lipinski definition) is 2. The van der Waals surface area contributed by atoms with E-state index in [2.05, 4.69) is 37.5 Å². The molecule has 0 bridgehead atoms. The van der Waals surface area contributed by atoms with Gasteiger partial charge in [0.05, 0.1) is 6.07 Å². The SMILES string of the molecule is C[C@H]1CC(C)(C)C[C@]2(C1)NC(=O)N(CC(=O)OCC(=O)NC1(C#N)CCCC1)C2=O. The van der Waals surface area contributed by atoms with E-state index in [9.17, 15) is 24.4 Å². The van der Waals surface area contributed by atoms with Crippen molar-refractivity contribution >= 4 is 23.8 Å². The summed E-state index contributed by atoms with van der Waals surface area (Å²) in [5.74, 6) is -1.56. The van der Waals surface area contributed by atoms with Crippen LogP contribution >= 0.6 is 0 Å². The highest BCUT2D eigenvalue weighted by atomic mass is 16.5. The Hall–Kier alpha value is -2.63. The van der Waals surface area contributed by atoms with Gasteiger partial charge in [0.25, 0.3) is 11.8 Å². The second kappa shape index (κ2) is 7.89. The Balaban J connectivity index is 1.55. The van der Waals surface area contributed by atoms with E-state index < -0.39 is 48.0 Å². The van der Waals surface area contributed by atoms with E-state index >= 15 is 0 Å². The van der Waals surface area contributed by atoms with Crippen LogP contribution in [0.3, 0.4) is 0 Å². The van der Waals surface area contributed by atoms with Crippen molar-refractivity contribution in [2.45, 2.75) is 76.8 Å². The number of imide groups is 1. The first-order chi connectivity index (χ1) is 14.0. The number of nitrogens with one attached hydrogen (secondary N) is 2. The lowest BCUT2D eigenvalue weighted by Crippen LogP contribution is -2.54. The Labute approximate surface area is 176 Å². The lowest BCUT2D eigenvalue weighted by atomic mass is 9.64. The quantitative estimate of drug-likeness (QED) is 0.516. The zero-order valence-electron chi connectivity index (χ0n) is 17.9. The van der Waals surface area contributed by atoms with E-state index in [1.54, 1.807) is 0 Å². The molecule has 0 aromatic heterocycles. The Morgan fingerprint density at radius 2 is 1.93 bits per heavy atom. The number of rotatable bonds is 5. The molecule has 4 amide bonds. The van der Waals surface area contributed by atoms with Gasteiger partial charge in [-0.3, -0.25) is 19.3 Å². The molecule has 30 heavy (non-hydrogen) atoms. The van der Waals surface area contributed by atoms with Gasteiger partial charge in [0.2, 0.25) is 0 Å². The highest BCUT2D eigenvalue weighted by molar-refractivity contribution is 6.08. The summed E-state index contributed by atoms with van der Waals surface area (Å²) in [7, 11) is 0. The highest BCUT2D eigenvalue weighted by Crippen LogP contribution is 2.46. The third kappa shape index (κ3) is 4.42. The van der Waals surface area contributed by atoms with E-state index in [0.717, 1.165) is 24.2 Å². The molecule has 2 aliphatic carbocycles. The third-order valence-corrected chi connectivity index (χ3v) is 6.33. The fourth-order valence-corrected chi connectivity index (χ4v) is 5.52. The first kappa shape index (κ1) is 22.1. The maximum atomic E-state index is 13.0. The van der Waals surface area contributed by atoms with E-state index in [1.165, 1.54) is 0 Å². The van der Waals surface area contributed by atoms with E-state index in [1.807, 2.05) is 0 Å². The van der Waals surface area contributed by atoms with Crippen molar-refractivity contribution in [3.8, 4) is 6.07 Å². The fourth-order valence-electron chi connectivity index (χ4n) is 5.52. The number of hydrogen-bond acceptors (Lipinski definition) is 6. The molecular formula is C21H30N4O5. The Bertz CT molecular complexity index is 796. The Morgan fingerprint density at radius 1 is 1.27 bits per heavy atom. The molecule has 1 saturated heterocycles. The van der Waals surface area contributed by atoms with Crippen LogP contribution in [0.5, 0.6) is 0 Å². The van der Waals surface area contributed by atoms with Gasteiger partial charge in [-0.05, 0) is 56.3 Å². The number of ether oxygens (including phenoxy) is 1. The van der Waals surface area contributed by atoms with Gasteiger partial charge in [0, 0.05) is 0 Å². The van der Waals surface area contributed by atoms with Gasteiger partial charge in [-0.2, -0.15) is 5.26 Å². The molecule has 1 spiro atoms. The maximum Gasteiger partial charge on any atom is 0.326 e. The molecule has 0 aromatic carbocycles. The molecule has 2 saturated carbocycles. The van der Waals surface area contributed by atoms with E-state index in [4.69, 9.17) is 4.74 Å². The van der Waals surface area contributed by atoms with Crippen molar-refractivity contribution < 1.29 is 23.9 Å². The van der Waals surface area contributed by atoms with Crippen molar-refractivity contribution in [1.29, 1.82) is 5.26 Å². The molecule has 2 N–H and O–H groups in total. The standard InChI is InChI=1S/C21H30N4O5/c1-14-8-19(2,3)12-21(9-14)17(28)25(18(29)24-21)10-16(27)30-11-15(26)23-20(13-22)6-4-5-7-20/h14H,4-12H2,1-3H3,(H,23,26)(H,24,29)/t14-,21-/m0/s1. The minimum absolute atomic E-state index is 0.105. The molecule has 0 unspecified atom stereocenters. The van der Waals surface area contributed by atoms with Crippen molar-refractivity contribution in [3.63, 3.8) is 0 Å². The van der Waals surface area contributed by atoms with Crippen LogP contribution in [0.15, 0.2) is 0 Å². The van der Waals surface area contributed by atoms with Crippen LogP contribution in [0.1, 0.15) is 65.7 Å². The van der Waals surface area contributed by atoms with Crippen molar-refractivity contribution in [1.82, 2.24) is 15.5 Å². The fraction of sp³-hybridized carbons (Fsp3) is 0.762. The molecule has 9 heteroatoms. The largest absolute Gasteiger partial charge is 0.454 e. The zero-order chi connectivity index (χ0) is 22.2. The van der Waals surface area contributed by atoms with Crippen LogP contribution in [0, 0.1) is 22.7 Å². The molecule has 164 valence electrons. The summed E-state index contributed by atoms with van der Waals surface area (Å²) < 4.78 is 4.97. The smallest absolute Gasteiger partial charge is 0.326 e. The molecule has 9 nitrogen and oxygen atoms in total. The number of nitriles is 1. The average molecular weight is 418 g/mol. The van der Waals surface area contributed by atoms with Gasteiger partial charge in [0.15, 0.2) is 6.61 Å². The van der Waals surface area contributed by atoms with Gasteiger partial charge < -0.3 is 15.4 Å². The molecule has 3 fully saturated rings. The third-order valence-electron chi connectivity index (χ3n) is 6.33. The first-order valence-corrected chi connectivity index (χ1v) is 10.5. The van der Waals surface area contributed by atoms with Crippen LogP contribution in [-0.2, 0) is 19.1 Å². The molecule has 0 aromatic rings. The Kier molecular flexibility index (Phi) is 5.81. The van der Waals surface area contributed by atoms with Crippen LogP contribution < -0.4 is 10.6 Å². The molecule has 2 atom stereocenters. The van der Waals surface area contributed by atoms with Gasteiger partial charge in [-0.1, -0.05) is 20.8 Å². The minimum atomic E-state index is -0.989. The second-order valence-corrected chi connectivity index (χ2v) is 9.87. The topological polar surface area (TPSA) is 129 Å². The summed E-state index contributed by atoms with van der Waals surface area (Å²) in [6.07, 6.45) is 4.86. The molecule has 1 heterocycles. The van der Waals surface area contributed by atoms with Gasteiger partial charge in [0.1, 0.15) is 17.6 Å². The van der Waals surface area contributed by atoms with E-state index in [-0.39, 0.29) is 11.3 Å². The van der Waals surface area contributed by atoms with Crippen LogP contribution in [0.2, 0.25) is 0 Å². The molecule has 3 aliphatic rings. The number of carbonyl (C=O) groups is 4. The van der Waals surface area contributed by atoms with Crippen LogP contribution in [0.4, 0.5) is 4.79 Å². The number of carbonyl (C=O) groups excluding carboxylic acids is 4. The number of esters is 1. The summed E-state index contributed by atoms with van der Waals surface area (Å²) in [5, 5.41) is 14.7. The molecule has 3 rings (SSSR count). The van der Waals surface area contributed by atoms with Gasteiger partial charge in [-0.25, -0.2) is 4.79 Å². The highest BCUT2D eigenvalue weighted by Gasteiger charge is 2.56. The molecular weight excluding hydrogens is 388 g/mol. The number of urea groups is 1. The maximum absolute atomic E-state index is 13.0. The lowest BCUT2D eigenvalue weighted by Gasteiger charge is -2.43. The predicted molar refractivity (Wildman–Crippen MR) is 106 cm³/mol. The van der Waals surface area contributed by atoms with Gasteiger partial charge >= 0.3 is 12.0 Å². The van der Waals surface area contributed by atoms with Crippen molar-refractivity contribution in [3.05, 3.63) is 0 Å². The monoisotopic (exact) mass is 418 g/mol. The Morgan fingerprint density at radius 3 is 2.53 bits per heavy atom. The average Bonchev–Trinajstić information content (AvgIpc) is 3.18. The summed E-state index contributed by atoms with van der Waals surface area (Å²) in [6.45, 7) is 5.09. The lowest BCUT2D eigenvalue weighted by molar-refractivity contribution is -0.151. The normalized spacial score (nSPS) is 29.4. The van der Waals surface area contributed by atoms with Crippen molar-refractivity contribution in [2.75, 3.05) is 13.2 Å². The summed E-state index contributed by atoms with van der Waals surface area (Å²) >= 11 is 0. The predicted octanol–water partition coefficient (Wildman–Crippen LogP) is 1.62. The summed E-state index contributed by atoms with van der Waals surface area (Å²) in [6, 6.07) is 1.52. The number of amides is 4. The summed E-state index contributed by atoms with van der Waals surface area (Å²) in [5.41, 5.74) is -1.99. The first-order valence-electron chi connectivity index (χ1n) is 10.5. The number of nitrogens with zero attached hydrogens (tertiary/aromatic N) is 2. The second-order valence-electron chi connectivity index (χ2n) is 9.87. The molecule has 0 radical (unpaired) electrons. The van der Waals surface area contributed by atoms with Crippen LogP contribution in [0.25, 0.3) is 0 Å². The zero-order valence-corrected chi connectivity index (χ0v) is 17.9.